The van der Waals surface area contributed by atoms with Crippen molar-refractivity contribution in [2.24, 2.45) is 11.7 Å². The number of carbonyl (C=O) groups excluding carboxylic acids is 1. The minimum absolute atomic E-state index is 0. The van der Waals surface area contributed by atoms with Crippen LogP contribution in [0.3, 0.4) is 0 Å². The highest BCUT2D eigenvalue weighted by atomic mass is 35.5. The van der Waals surface area contributed by atoms with Gasteiger partial charge in [-0.2, -0.15) is 13.2 Å². The summed E-state index contributed by atoms with van der Waals surface area (Å²) in [5.41, 5.74) is 4.45. The van der Waals surface area contributed by atoms with E-state index in [1.54, 1.807) is 6.07 Å². The number of alkyl halides is 3. The van der Waals surface area contributed by atoms with Crippen LogP contribution in [0.2, 0.25) is 0 Å². The molecule has 132 valence electrons. The Labute approximate surface area is 145 Å². The van der Waals surface area contributed by atoms with Gasteiger partial charge in [-0.05, 0) is 31.0 Å². The largest absolute Gasteiger partial charge is 0.416 e. The molecular formula is C15H22ClF3N2OS. The number of nitrogens with one attached hydrogen (secondary N) is 1. The first kappa shape index (κ1) is 22.1. The minimum Gasteiger partial charge on any atom is -0.349 e. The lowest BCUT2D eigenvalue weighted by Gasteiger charge is -2.33. The summed E-state index contributed by atoms with van der Waals surface area (Å²) < 4.78 is 37.9. The monoisotopic (exact) mass is 370 g/mol. The second-order valence-corrected chi connectivity index (χ2v) is 6.69. The number of carbonyl (C=O) groups is 1. The van der Waals surface area contributed by atoms with Gasteiger partial charge < -0.3 is 11.1 Å². The molecule has 1 amide bonds. The SMILES string of the molecule is CC(C)C(C)(CN)NC(=O)CSc1cccc(C(F)(F)F)c1.Cl. The molecule has 0 fully saturated rings. The van der Waals surface area contributed by atoms with Gasteiger partial charge in [0.15, 0.2) is 0 Å². The Bertz CT molecular complexity index is 526. The number of thioether (sulfide) groups is 1. The lowest BCUT2D eigenvalue weighted by atomic mass is 9.88. The van der Waals surface area contributed by atoms with Crippen molar-refractivity contribution in [3.8, 4) is 0 Å². The van der Waals surface area contributed by atoms with Gasteiger partial charge in [-0.25, -0.2) is 0 Å². The summed E-state index contributed by atoms with van der Waals surface area (Å²) in [6.45, 7) is 6.05. The molecule has 0 saturated carbocycles. The van der Waals surface area contributed by atoms with Crippen molar-refractivity contribution >= 4 is 30.1 Å². The molecule has 0 saturated heterocycles. The number of benzene rings is 1. The van der Waals surface area contributed by atoms with Crippen molar-refractivity contribution in [1.29, 1.82) is 0 Å². The number of nitrogens with two attached hydrogens (primary N) is 1. The Morgan fingerprint density at radius 2 is 1.96 bits per heavy atom. The molecule has 1 aromatic carbocycles. The fourth-order valence-corrected chi connectivity index (χ4v) is 2.45. The predicted octanol–water partition coefficient (Wildman–Crippen LogP) is 3.71. The van der Waals surface area contributed by atoms with Crippen LogP contribution < -0.4 is 11.1 Å². The highest BCUT2D eigenvalue weighted by Crippen LogP contribution is 2.31. The van der Waals surface area contributed by atoms with E-state index in [1.807, 2.05) is 20.8 Å². The summed E-state index contributed by atoms with van der Waals surface area (Å²) in [5, 5.41) is 2.85. The van der Waals surface area contributed by atoms with Crippen LogP contribution >= 0.6 is 24.2 Å². The second-order valence-electron chi connectivity index (χ2n) is 5.64. The average molecular weight is 371 g/mol. The van der Waals surface area contributed by atoms with E-state index in [0.717, 1.165) is 23.9 Å². The van der Waals surface area contributed by atoms with E-state index in [9.17, 15) is 18.0 Å². The molecule has 0 aliphatic heterocycles. The molecule has 3 N–H and O–H groups in total. The Morgan fingerprint density at radius 3 is 2.43 bits per heavy atom. The molecular weight excluding hydrogens is 349 g/mol. The standard InChI is InChI=1S/C15H21F3N2OS.ClH/c1-10(2)14(3,9-19)20-13(21)8-22-12-6-4-5-11(7-12)15(16,17)18;/h4-7,10H,8-9,19H2,1-3H3,(H,20,21);1H. The topological polar surface area (TPSA) is 55.1 Å². The van der Waals surface area contributed by atoms with Crippen molar-refractivity contribution < 1.29 is 18.0 Å². The lowest BCUT2D eigenvalue weighted by molar-refractivity contribution is -0.137. The van der Waals surface area contributed by atoms with E-state index in [4.69, 9.17) is 5.73 Å². The molecule has 0 radical (unpaired) electrons. The molecule has 0 bridgehead atoms. The molecule has 1 atom stereocenters. The van der Waals surface area contributed by atoms with E-state index >= 15 is 0 Å². The molecule has 0 aromatic heterocycles. The third-order valence-electron chi connectivity index (χ3n) is 3.65. The summed E-state index contributed by atoms with van der Waals surface area (Å²) in [6.07, 6.45) is -4.38. The van der Waals surface area contributed by atoms with Crippen molar-refractivity contribution in [2.45, 2.75) is 37.4 Å². The summed E-state index contributed by atoms with van der Waals surface area (Å²) in [7, 11) is 0. The zero-order chi connectivity index (χ0) is 17.0. The second kappa shape index (κ2) is 8.80. The Morgan fingerprint density at radius 1 is 1.35 bits per heavy atom. The van der Waals surface area contributed by atoms with Gasteiger partial charge in [-0.15, -0.1) is 24.2 Å². The summed E-state index contributed by atoms with van der Waals surface area (Å²) in [6, 6.07) is 4.94. The molecule has 0 heterocycles. The highest BCUT2D eigenvalue weighted by Gasteiger charge is 2.31. The molecule has 1 unspecified atom stereocenters. The van der Waals surface area contributed by atoms with Gasteiger partial charge in [-0.1, -0.05) is 19.9 Å². The van der Waals surface area contributed by atoms with Gasteiger partial charge in [0.1, 0.15) is 0 Å². The third kappa shape index (κ3) is 6.61. The highest BCUT2D eigenvalue weighted by molar-refractivity contribution is 8.00. The maximum absolute atomic E-state index is 12.6. The first-order valence-electron chi connectivity index (χ1n) is 6.89. The van der Waals surface area contributed by atoms with Gasteiger partial charge in [0.25, 0.3) is 0 Å². The van der Waals surface area contributed by atoms with Crippen molar-refractivity contribution in [1.82, 2.24) is 5.32 Å². The van der Waals surface area contributed by atoms with Crippen LogP contribution in [0.25, 0.3) is 0 Å². The van der Waals surface area contributed by atoms with Crippen LogP contribution in [0.1, 0.15) is 26.3 Å². The van der Waals surface area contributed by atoms with Crippen molar-refractivity contribution in [3.63, 3.8) is 0 Å². The van der Waals surface area contributed by atoms with Gasteiger partial charge in [-0.3, -0.25) is 4.79 Å². The smallest absolute Gasteiger partial charge is 0.349 e. The number of hydrogen-bond acceptors (Lipinski definition) is 3. The summed E-state index contributed by atoms with van der Waals surface area (Å²) >= 11 is 1.07. The predicted molar refractivity (Wildman–Crippen MR) is 89.9 cm³/mol. The van der Waals surface area contributed by atoms with E-state index in [2.05, 4.69) is 5.32 Å². The van der Waals surface area contributed by atoms with E-state index < -0.39 is 17.3 Å². The van der Waals surface area contributed by atoms with E-state index in [1.165, 1.54) is 6.07 Å². The summed E-state index contributed by atoms with van der Waals surface area (Å²) in [5.74, 6) is -0.0482. The Kier molecular flexibility index (Phi) is 8.45. The van der Waals surface area contributed by atoms with Crippen LogP contribution in [0.4, 0.5) is 13.2 Å². The first-order valence-corrected chi connectivity index (χ1v) is 7.88. The average Bonchev–Trinajstić information content (AvgIpc) is 2.44. The lowest BCUT2D eigenvalue weighted by Crippen LogP contribution is -2.55. The number of rotatable bonds is 6. The molecule has 1 rings (SSSR count). The molecule has 3 nitrogen and oxygen atoms in total. The molecule has 8 heteroatoms. The summed E-state index contributed by atoms with van der Waals surface area (Å²) in [4.78, 5) is 12.4. The molecule has 0 aliphatic rings. The molecule has 0 spiro atoms. The van der Waals surface area contributed by atoms with Crippen LogP contribution in [0.15, 0.2) is 29.2 Å². The molecule has 0 aliphatic carbocycles. The zero-order valence-electron chi connectivity index (χ0n) is 13.2. The van der Waals surface area contributed by atoms with Crippen molar-refractivity contribution in [3.05, 3.63) is 29.8 Å². The van der Waals surface area contributed by atoms with Gasteiger partial charge in [0.05, 0.1) is 16.9 Å². The molecule has 1 aromatic rings. The van der Waals surface area contributed by atoms with Crippen LogP contribution in [-0.4, -0.2) is 23.7 Å². The van der Waals surface area contributed by atoms with E-state index in [-0.39, 0.29) is 30.0 Å². The fourth-order valence-electron chi connectivity index (χ4n) is 1.70. The Balaban J connectivity index is 0.00000484. The van der Waals surface area contributed by atoms with Crippen LogP contribution in [0, 0.1) is 5.92 Å². The molecule has 23 heavy (non-hydrogen) atoms. The number of amides is 1. The van der Waals surface area contributed by atoms with Gasteiger partial charge in [0, 0.05) is 11.4 Å². The van der Waals surface area contributed by atoms with Gasteiger partial charge in [0.2, 0.25) is 5.91 Å². The number of halogens is 4. The normalized spacial score (nSPS) is 14.1. The number of hydrogen-bond donors (Lipinski definition) is 2. The maximum atomic E-state index is 12.6. The quantitative estimate of drug-likeness (QED) is 0.750. The maximum Gasteiger partial charge on any atom is 0.416 e. The van der Waals surface area contributed by atoms with Gasteiger partial charge >= 0.3 is 6.18 Å². The first-order chi connectivity index (χ1) is 10.1. The van der Waals surface area contributed by atoms with Crippen LogP contribution in [0.5, 0.6) is 0 Å². The fraction of sp³-hybridized carbons (Fsp3) is 0.533. The third-order valence-corrected chi connectivity index (χ3v) is 4.65. The van der Waals surface area contributed by atoms with E-state index in [0.29, 0.717) is 11.4 Å². The van der Waals surface area contributed by atoms with Crippen molar-refractivity contribution in [2.75, 3.05) is 12.3 Å². The Hall–Kier alpha value is -0.920. The van der Waals surface area contributed by atoms with Crippen LogP contribution in [-0.2, 0) is 11.0 Å². The minimum atomic E-state index is -4.38. The zero-order valence-corrected chi connectivity index (χ0v) is 14.9.